The number of hydrogen-bond acceptors (Lipinski definition) is 2. The quantitative estimate of drug-likeness (QED) is 0.854. The first-order valence-electron chi connectivity index (χ1n) is 5.99. The van der Waals surface area contributed by atoms with Crippen LogP contribution in [0.15, 0.2) is 41.1 Å². The van der Waals surface area contributed by atoms with E-state index < -0.39 is 0 Å². The Labute approximate surface area is 107 Å². The molecule has 1 unspecified atom stereocenters. The van der Waals surface area contributed by atoms with E-state index in [1.165, 1.54) is 16.7 Å². The highest BCUT2D eigenvalue weighted by molar-refractivity contribution is 7.07. The van der Waals surface area contributed by atoms with Gasteiger partial charge in [-0.15, -0.1) is 0 Å². The Morgan fingerprint density at radius 1 is 1.12 bits per heavy atom. The summed E-state index contributed by atoms with van der Waals surface area (Å²) in [5.41, 5.74) is 3.83. The monoisotopic (exact) mass is 246 g/mol. The second-order valence-electron chi connectivity index (χ2n) is 4.51. The molecule has 1 aromatic carbocycles. The van der Waals surface area contributed by atoms with Gasteiger partial charge < -0.3 is 5.11 Å². The molecule has 1 nitrogen and oxygen atoms in total. The third-order valence-corrected chi connectivity index (χ3v) is 3.67. The summed E-state index contributed by atoms with van der Waals surface area (Å²) in [4.78, 5) is 0. The predicted octanol–water partition coefficient (Wildman–Crippen LogP) is 3.59. The average Bonchev–Trinajstić information content (AvgIpc) is 2.81. The lowest BCUT2D eigenvalue weighted by molar-refractivity contribution is 0.165. The molecule has 2 rings (SSSR count). The Morgan fingerprint density at radius 2 is 1.88 bits per heavy atom. The second-order valence-corrected chi connectivity index (χ2v) is 5.29. The molecule has 0 aliphatic carbocycles. The van der Waals surface area contributed by atoms with Gasteiger partial charge in [0.15, 0.2) is 0 Å². The largest absolute Gasteiger partial charge is 0.393 e. The number of benzene rings is 1. The molecule has 0 radical (unpaired) electrons. The highest BCUT2D eigenvalue weighted by Crippen LogP contribution is 2.13. The van der Waals surface area contributed by atoms with Crippen molar-refractivity contribution in [2.45, 2.75) is 32.3 Å². The lowest BCUT2D eigenvalue weighted by Gasteiger charge is -2.09. The molecule has 1 aromatic heterocycles. The first kappa shape index (κ1) is 12.3. The molecule has 0 fully saturated rings. The van der Waals surface area contributed by atoms with Crippen molar-refractivity contribution in [2.24, 2.45) is 0 Å². The van der Waals surface area contributed by atoms with Crippen LogP contribution in [0.2, 0.25) is 0 Å². The lowest BCUT2D eigenvalue weighted by Crippen LogP contribution is -2.11. The standard InChI is InChI=1S/C15H18OS/c1-12-2-4-13(5-3-12)6-7-15(16)10-14-8-9-17-11-14/h2-5,8-9,11,15-16H,6-7,10H2,1H3. The van der Waals surface area contributed by atoms with Gasteiger partial charge >= 0.3 is 0 Å². The summed E-state index contributed by atoms with van der Waals surface area (Å²) in [6.07, 6.45) is 2.32. The Morgan fingerprint density at radius 3 is 2.53 bits per heavy atom. The number of aryl methyl sites for hydroxylation is 2. The fourth-order valence-corrected chi connectivity index (χ4v) is 2.55. The van der Waals surface area contributed by atoms with Gasteiger partial charge in [-0.3, -0.25) is 0 Å². The first-order valence-corrected chi connectivity index (χ1v) is 6.93. The number of rotatable bonds is 5. The number of thiophene rings is 1. The van der Waals surface area contributed by atoms with Crippen LogP contribution in [0.1, 0.15) is 23.1 Å². The van der Waals surface area contributed by atoms with Crippen LogP contribution in [0, 0.1) is 6.92 Å². The van der Waals surface area contributed by atoms with Crippen molar-refractivity contribution < 1.29 is 5.11 Å². The summed E-state index contributed by atoms with van der Waals surface area (Å²) < 4.78 is 0. The third-order valence-electron chi connectivity index (χ3n) is 2.94. The summed E-state index contributed by atoms with van der Waals surface area (Å²) in [6.45, 7) is 2.09. The first-order chi connectivity index (χ1) is 8.24. The van der Waals surface area contributed by atoms with E-state index in [1.54, 1.807) is 11.3 Å². The molecule has 2 aromatic rings. The molecular weight excluding hydrogens is 228 g/mol. The van der Waals surface area contributed by atoms with Crippen molar-refractivity contribution in [1.82, 2.24) is 0 Å². The summed E-state index contributed by atoms with van der Waals surface area (Å²) in [5, 5.41) is 14.1. The molecule has 0 bridgehead atoms. The van der Waals surface area contributed by atoms with Crippen molar-refractivity contribution in [3.05, 3.63) is 57.8 Å². The van der Waals surface area contributed by atoms with Gasteiger partial charge in [0.1, 0.15) is 0 Å². The van der Waals surface area contributed by atoms with Crippen LogP contribution in [0.5, 0.6) is 0 Å². The van der Waals surface area contributed by atoms with Gasteiger partial charge in [-0.05, 0) is 54.1 Å². The van der Waals surface area contributed by atoms with Crippen LogP contribution in [0.4, 0.5) is 0 Å². The molecule has 90 valence electrons. The van der Waals surface area contributed by atoms with Crippen molar-refractivity contribution in [3.8, 4) is 0 Å². The molecule has 1 atom stereocenters. The van der Waals surface area contributed by atoms with Gasteiger partial charge in [-0.25, -0.2) is 0 Å². The van der Waals surface area contributed by atoms with Crippen molar-refractivity contribution in [2.75, 3.05) is 0 Å². The minimum atomic E-state index is -0.231. The van der Waals surface area contributed by atoms with Gasteiger partial charge in [0.05, 0.1) is 6.10 Å². The Bertz CT molecular complexity index is 430. The van der Waals surface area contributed by atoms with E-state index in [9.17, 15) is 5.11 Å². The van der Waals surface area contributed by atoms with Gasteiger partial charge in [0.2, 0.25) is 0 Å². The van der Waals surface area contributed by atoms with Crippen LogP contribution in [0.25, 0.3) is 0 Å². The van der Waals surface area contributed by atoms with E-state index in [4.69, 9.17) is 0 Å². The number of aliphatic hydroxyl groups is 1. The second kappa shape index (κ2) is 5.99. The zero-order chi connectivity index (χ0) is 12.1. The molecule has 0 saturated carbocycles. The van der Waals surface area contributed by atoms with E-state index in [0.29, 0.717) is 0 Å². The minimum absolute atomic E-state index is 0.231. The Balaban J connectivity index is 1.79. The smallest absolute Gasteiger partial charge is 0.0584 e. The van der Waals surface area contributed by atoms with Crippen LogP contribution in [0.3, 0.4) is 0 Å². The van der Waals surface area contributed by atoms with Crippen LogP contribution >= 0.6 is 11.3 Å². The summed E-state index contributed by atoms with van der Waals surface area (Å²) in [6, 6.07) is 10.6. The van der Waals surface area contributed by atoms with Crippen LogP contribution in [-0.4, -0.2) is 11.2 Å². The molecule has 0 aliphatic heterocycles. The normalized spacial score (nSPS) is 12.6. The molecule has 17 heavy (non-hydrogen) atoms. The third kappa shape index (κ3) is 3.99. The lowest BCUT2D eigenvalue weighted by atomic mass is 10.0. The van der Waals surface area contributed by atoms with Crippen molar-refractivity contribution in [3.63, 3.8) is 0 Å². The van der Waals surface area contributed by atoms with Crippen molar-refractivity contribution >= 4 is 11.3 Å². The zero-order valence-electron chi connectivity index (χ0n) is 10.1. The van der Waals surface area contributed by atoms with Crippen LogP contribution in [-0.2, 0) is 12.8 Å². The van der Waals surface area contributed by atoms with E-state index in [-0.39, 0.29) is 6.10 Å². The highest BCUT2D eigenvalue weighted by Gasteiger charge is 2.06. The molecule has 1 N–H and O–H groups in total. The van der Waals surface area contributed by atoms with Gasteiger partial charge in [-0.1, -0.05) is 29.8 Å². The van der Waals surface area contributed by atoms with E-state index in [1.807, 2.05) is 0 Å². The molecule has 0 spiro atoms. The Kier molecular flexibility index (Phi) is 4.35. The van der Waals surface area contributed by atoms with E-state index in [0.717, 1.165) is 19.3 Å². The molecule has 0 aliphatic rings. The fraction of sp³-hybridized carbons (Fsp3) is 0.333. The number of hydrogen-bond donors (Lipinski definition) is 1. The predicted molar refractivity (Wildman–Crippen MR) is 73.5 cm³/mol. The summed E-state index contributed by atoms with van der Waals surface area (Å²) in [5.74, 6) is 0. The fourth-order valence-electron chi connectivity index (χ4n) is 1.87. The van der Waals surface area contributed by atoms with E-state index >= 15 is 0 Å². The summed E-state index contributed by atoms with van der Waals surface area (Å²) >= 11 is 1.69. The number of aliphatic hydroxyl groups excluding tert-OH is 1. The molecule has 1 heterocycles. The topological polar surface area (TPSA) is 20.2 Å². The molecule has 2 heteroatoms. The minimum Gasteiger partial charge on any atom is -0.393 e. The molecule has 0 saturated heterocycles. The summed E-state index contributed by atoms with van der Waals surface area (Å²) in [7, 11) is 0. The van der Waals surface area contributed by atoms with E-state index in [2.05, 4.69) is 48.0 Å². The maximum absolute atomic E-state index is 9.94. The maximum atomic E-state index is 9.94. The Hall–Kier alpha value is -1.12. The molecular formula is C15H18OS. The van der Waals surface area contributed by atoms with Gasteiger partial charge in [-0.2, -0.15) is 11.3 Å². The van der Waals surface area contributed by atoms with Crippen LogP contribution < -0.4 is 0 Å². The SMILES string of the molecule is Cc1ccc(CCC(O)Cc2ccsc2)cc1. The average molecular weight is 246 g/mol. The van der Waals surface area contributed by atoms with Gasteiger partial charge in [0, 0.05) is 0 Å². The maximum Gasteiger partial charge on any atom is 0.0584 e. The van der Waals surface area contributed by atoms with Crippen molar-refractivity contribution in [1.29, 1.82) is 0 Å². The van der Waals surface area contributed by atoms with Gasteiger partial charge in [0.25, 0.3) is 0 Å². The molecule has 0 amide bonds. The zero-order valence-corrected chi connectivity index (χ0v) is 10.9. The highest BCUT2D eigenvalue weighted by atomic mass is 32.1.